The molecule has 0 aromatic carbocycles. The van der Waals surface area contributed by atoms with E-state index < -0.39 is 14.5 Å². The molecule has 0 aromatic rings. The van der Waals surface area contributed by atoms with Crippen LogP contribution in [0.1, 0.15) is 13.8 Å². The SMILES string of the molecule is CC(C)OC(=O)O[Si](C)(C)C. The summed E-state index contributed by atoms with van der Waals surface area (Å²) in [5.74, 6) is 0. The van der Waals surface area contributed by atoms with Gasteiger partial charge in [-0.15, -0.1) is 0 Å². The lowest BCUT2D eigenvalue weighted by atomic mass is 10.5. The summed E-state index contributed by atoms with van der Waals surface area (Å²) < 4.78 is 9.83. The van der Waals surface area contributed by atoms with Crippen molar-refractivity contribution in [3.8, 4) is 0 Å². The minimum atomic E-state index is -1.76. The quantitative estimate of drug-likeness (QED) is 0.478. The van der Waals surface area contributed by atoms with E-state index in [1.165, 1.54) is 0 Å². The maximum Gasteiger partial charge on any atom is 0.494 e. The summed E-state index contributed by atoms with van der Waals surface area (Å²) >= 11 is 0. The average Bonchev–Trinajstić information content (AvgIpc) is 1.53. The molecule has 0 rings (SSSR count). The van der Waals surface area contributed by atoms with Crippen LogP contribution in [0.25, 0.3) is 0 Å². The molecule has 4 heteroatoms. The van der Waals surface area contributed by atoms with Crippen LogP contribution in [0.3, 0.4) is 0 Å². The monoisotopic (exact) mass is 176 g/mol. The van der Waals surface area contributed by atoms with Crippen LogP contribution in [0, 0.1) is 0 Å². The molecule has 0 saturated carbocycles. The molecule has 0 aliphatic heterocycles. The van der Waals surface area contributed by atoms with Gasteiger partial charge >= 0.3 is 6.16 Å². The maximum absolute atomic E-state index is 10.9. The number of carbonyl (C=O) groups excluding carboxylic acids is 1. The van der Waals surface area contributed by atoms with Crippen LogP contribution in [-0.4, -0.2) is 20.6 Å². The largest absolute Gasteiger partial charge is 0.494 e. The highest BCUT2D eigenvalue weighted by molar-refractivity contribution is 6.71. The van der Waals surface area contributed by atoms with Gasteiger partial charge in [0.1, 0.15) is 0 Å². The highest BCUT2D eigenvalue weighted by Gasteiger charge is 2.21. The predicted molar refractivity (Wildman–Crippen MR) is 46.0 cm³/mol. The zero-order valence-corrected chi connectivity index (χ0v) is 8.80. The van der Waals surface area contributed by atoms with E-state index in [0.29, 0.717) is 0 Å². The summed E-state index contributed by atoms with van der Waals surface area (Å²) in [6, 6.07) is 0. The van der Waals surface area contributed by atoms with E-state index >= 15 is 0 Å². The Morgan fingerprint density at radius 2 is 1.73 bits per heavy atom. The Hall–Kier alpha value is -0.513. The molecule has 11 heavy (non-hydrogen) atoms. The smallest absolute Gasteiger partial charge is 0.490 e. The molecule has 0 atom stereocenters. The van der Waals surface area contributed by atoms with E-state index in [2.05, 4.69) is 0 Å². The lowest BCUT2D eigenvalue weighted by Gasteiger charge is -2.17. The normalized spacial score (nSPS) is 11.5. The third-order valence-corrected chi connectivity index (χ3v) is 1.50. The lowest BCUT2D eigenvalue weighted by molar-refractivity contribution is 0.0710. The topological polar surface area (TPSA) is 35.5 Å². The molecule has 0 unspecified atom stereocenters. The van der Waals surface area contributed by atoms with E-state index in [1.54, 1.807) is 13.8 Å². The first-order valence-electron chi connectivity index (χ1n) is 3.71. The van der Waals surface area contributed by atoms with Crippen molar-refractivity contribution in [2.45, 2.75) is 39.6 Å². The van der Waals surface area contributed by atoms with Crippen molar-refractivity contribution in [2.75, 3.05) is 0 Å². The fourth-order valence-corrected chi connectivity index (χ4v) is 1.01. The van der Waals surface area contributed by atoms with Crippen molar-refractivity contribution in [3.05, 3.63) is 0 Å². The van der Waals surface area contributed by atoms with Gasteiger partial charge in [0.05, 0.1) is 6.10 Å². The number of carbonyl (C=O) groups is 1. The van der Waals surface area contributed by atoms with Crippen LogP contribution < -0.4 is 0 Å². The first-order valence-corrected chi connectivity index (χ1v) is 7.12. The molecule has 66 valence electrons. The second-order valence-electron chi connectivity index (χ2n) is 3.63. The van der Waals surface area contributed by atoms with Gasteiger partial charge in [-0.1, -0.05) is 0 Å². The van der Waals surface area contributed by atoms with Crippen LogP contribution in [0.5, 0.6) is 0 Å². The van der Waals surface area contributed by atoms with Gasteiger partial charge in [-0.2, -0.15) is 0 Å². The summed E-state index contributed by atoms with van der Waals surface area (Å²) in [6.45, 7) is 9.41. The van der Waals surface area contributed by atoms with E-state index in [1.807, 2.05) is 19.6 Å². The second-order valence-corrected chi connectivity index (χ2v) is 8.06. The van der Waals surface area contributed by atoms with Crippen LogP contribution in [0.4, 0.5) is 4.79 Å². The molecule has 0 aromatic heterocycles. The fourth-order valence-electron chi connectivity index (χ4n) is 0.467. The number of rotatable bonds is 2. The summed E-state index contributed by atoms with van der Waals surface area (Å²) in [5.41, 5.74) is 0. The third kappa shape index (κ3) is 7.38. The van der Waals surface area contributed by atoms with Gasteiger partial charge in [0, 0.05) is 0 Å². The van der Waals surface area contributed by atoms with Gasteiger partial charge in [-0.25, -0.2) is 4.79 Å². The first-order chi connectivity index (χ1) is 4.81. The van der Waals surface area contributed by atoms with Crippen LogP contribution in [-0.2, 0) is 9.16 Å². The Kier molecular flexibility index (Phi) is 3.58. The molecule has 0 N–H and O–H groups in total. The zero-order valence-electron chi connectivity index (χ0n) is 7.80. The van der Waals surface area contributed by atoms with Crippen molar-refractivity contribution in [2.24, 2.45) is 0 Å². The Bertz CT molecular complexity index is 137. The van der Waals surface area contributed by atoms with Crippen molar-refractivity contribution >= 4 is 14.5 Å². The van der Waals surface area contributed by atoms with Gasteiger partial charge in [-0.05, 0) is 33.5 Å². The lowest BCUT2D eigenvalue weighted by Crippen LogP contribution is -2.30. The maximum atomic E-state index is 10.9. The Balaban J connectivity index is 3.71. The van der Waals surface area contributed by atoms with E-state index in [9.17, 15) is 4.79 Å². The average molecular weight is 176 g/mol. The van der Waals surface area contributed by atoms with E-state index in [0.717, 1.165) is 0 Å². The van der Waals surface area contributed by atoms with Crippen LogP contribution in [0.2, 0.25) is 19.6 Å². The molecule has 0 heterocycles. The molecule has 0 bridgehead atoms. The summed E-state index contributed by atoms with van der Waals surface area (Å²) in [7, 11) is -1.76. The molecule has 0 aliphatic rings. The van der Waals surface area contributed by atoms with Gasteiger partial charge in [0.2, 0.25) is 0 Å². The van der Waals surface area contributed by atoms with E-state index in [-0.39, 0.29) is 6.10 Å². The first kappa shape index (κ1) is 10.5. The number of hydrogen-bond donors (Lipinski definition) is 0. The molecule has 0 spiro atoms. The highest BCUT2D eigenvalue weighted by atomic mass is 28.4. The van der Waals surface area contributed by atoms with Crippen molar-refractivity contribution in [1.82, 2.24) is 0 Å². The Morgan fingerprint density at radius 1 is 1.27 bits per heavy atom. The number of hydrogen-bond acceptors (Lipinski definition) is 3. The summed E-state index contributed by atoms with van der Waals surface area (Å²) in [6.07, 6.45) is -0.641. The van der Waals surface area contributed by atoms with E-state index in [4.69, 9.17) is 9.16 Å². The van der Waals surface area contributed by atoms with Gasteiger partial charge in [0.25, 0.3) is 8.32 Å². The molecule has 0 saturated heterocycles. The Labute approximate surface area is 68.8 Å². The van der Waals surface area contributed by atoms with Crippen LogP contribution >= 0.6 is 0 Å². The number of ether oxygens (including phenoxy) is 1. The molecule has 0 aliphatic carbocycles. The molecule has 0 amide bonds. The molecule has 3 nitrogen and oxygen atoms in total. The molecule has 0 radical (unpaired) electrons. The summed E-state index contributed by atoms with van der Waals surface area (Å²) in [5, 5.41) is 0. The van der Waals surface area contributed by atoms with Crippen molar-refractivity contribution < 1.29 is 14.0 Å². The zero-order chi connectivity index (χ0) is 9.07. The van der Waals surface area contributed by atoms with Gasteiger partial charge in [-0.3, -0.25) is 0 Å². The fraction of sp³-hybridized carbons (Fsp3) is 0.857. The predicted octanol–water partition coefficient (Wildman–Crippen LogP) is 2.38. The van der Waals surface area contributed by atoms with Crippen LogP contribution in [0.15, 0.2) is 0 Å². The highest BCUT2D eigenvalue weighted by Crippen LogP contribution is 2.05. The molecule has 0 fully saturated rings. The molecular weight excluding hydrogens is 160 g/mol. The van der Waals surface area contributed by atoms with Crippen molar-refractivity contribution in [1.29, 1.82) is 0 Å². The minimum absolute atomic E-state index is 0.0983. The summed E-state index contributed by atoms with van der Waals surface area (Å²) in [4.78, 5) is 10.9. The van der Waals surface area contributed by atoms with Gasteiger partial charge in [0.15, 0.2) is 0 Å². The standard InChI is InChI=1S/C7H16O3Si/c1-6(2)9-7(8)10-11(3,4)5/h6H,1-5H3. The Morgan fingerprint density at radius 3 is 2.00 bits per heavy atom. The van der Waals surface area contributed by atoms with Crippen molar-refractivity contribution in [3.63, 3.8) is 0 Å². The minimum Gasteiger partial charge on any atom is -0.490 e. The second kappa shape index (κ2) is 3.76. The van der Waals surface area contributed by atoms with Gasteiger partial charge < -0.3 is 9.16 Å². The third-order valence-electron chi connectivity index (χ3n) is 0.721. The molecular formula is C7H16O3Si.